The summed E-state index contributed by atoms with van der Waals surface area (Å²) in [4.78, 5) is 23.6. The first-order valence-corrected chi connectivity index (χ1v) is 13.0. The Hall–Kier alpha value is -4.26. The molecule has 0 saturated heterocycles. The van der Waals surface area contributed by atoms with Crippen molar-refractivity contribution in [2.45, 2.75) is 51.9 Å². The second kappa shape index (κ2) is 14.5. The Morgan fingerprint density at radius 3 is 2.26 bits per heavy atom. The molecule has 0 bridgehead atoms. The second-order valence-electron chi connectivity index (χ2n) is 9.17. The minimum Gasteiger partial charge on any atom is -0.494 e. The number of carbonyl (C=O) groups excluding carboxylic acids is 1. The highest BCUT2D eigenvalue weighted by atomic mass is 16.5. The molecule has 0 spiro atoms. The van der Waals surface area contributed by atoms with Crippen LogP contribution in [0.4, 0.5) is 11.4 Å². The molecular formula is C31H36N2O5. The normalized spacial score (nSPS) is 11.0. The van der Waals surface area contributed by atoms with Gasteiger partial charge in [-0.3, -0.25) is 0 Å². The predicted octanol–water partition coefficient (Wildman–Crippen LogP) is 6.30. The molecule has 0 aliphatic rings. The summed E-state index contributed by atoms with van der Waals surface area (Å²) in [5.74, 6) is -0.181. The number of ether oxygens (including phenoxy) is 2. The van der Waals surface area contributed by atoms with Gasteiger partial charge >= 0.3 is 11.9 Å². The quantitative estimate of drug-likeness (QED) is 0.0754. The van der Waals surface area contributed by atoms with E-state index >= 15 is 0 Å². The SMILES string of the molecule is CCCCc1ccc(OC(=O)/C=C/c2ccc(OCCCCCc3c(N)cc(N)cc3C(=O)O)cc2)cc1. The number of aryl methyl sites for hydroxylation is 1. The second-order valence-corrected chi connectivity index (χ2v) is 9.17. The van der Waals surface area contributed by atoms with E-state index in [0.717, 1.165) is 49.8 Å². The van der Waals surface area contributed by atoms with Gasteiger partial charge in [0.2, 0.25) is 0 Å². The van der Waals surface area contributed by atoms with Crippen LogP contribution < -0.4 is 20.9 Å². The topological polar surface area (TPSA) is 125 Å². The van der Waals surface area contributed by atoms with Crippen molar-refractivity contribution >= 4 is 29.4 Å². The third kappa shape index (κ3) is 9.00. The summed E-state index contributed by atoms with van der Waals surface area (Å²) < 4.78 is 11.2. The summed E-state index contributed by atoms with van der Waals surface area (Å²) in [6, 6.07) is 18.1. The van der Waals surface area contributed by atoms with Gasteiger partial charge in [-0.05, 0) is 97.7 Å². The number of unbranched alkanes of at least 4 members (excludes halogenated alkanes) is 3. The molecule has 3 aromatic rings. The third-order valence-corrected chi connectivity index (χ3v) is 6.13. The molecule has 7 nitrogen and oxygen atoms in total. The fraction of sp³-hybridized carbons (Fsp3) is 0.290. The molecule has 200 valence electrons. The zero-order chi connectivity index (χ0) is 27.3. The largest absolute Gasteiger partial charge is 0.494 e. The first kappa shape index (κ1) is 28.3. The summed E-state index contributed by atoms with van der Waals surface area (Å²) in [5, 5.41) is 9.39. The van der Waals surface area contributed by atoms with Gasteiger partial charge in [0.1, 0.15) is 11.5 Å². The Morgan fingerprint density at radius 1 is 0.868 bits per heavy atom. The van der Waals surface area contributed by atoms with Crippen molar-refractivity contribution in [2.75, 3.05) is 18.1 Å². The van der Waals surface area contributed by atoms with Gasteiger partial charge in [-0.15, -0.1) is 0 Å². The highest BCUT2D eigenvalue weighted by Gasteiger charge is 2.14. The summed E-state index contributed by atoms with van der Waals surface area (Å²) in [6.45, 7) is 2.71. The summed E-state index contributed by atoms with van der Waals surface area (Å²) in [7, 11) is 0. The Labute approximate surface area is 224 Å². The lowest BCUT2D eigenvalue weighted by Crippen LogP contribution is -2.08. The van der Waals surface area contributed by atoms with Crippen molar-refractivity contribution < 1.29 is 24.2 Å². The zero-order valence-corrected chi connectivity index (χ0v) is 21.8. The molecule has 0 heterocycles. The van der Waals surface area contributed by atoms with Gasteiger partial charge < -0.3 is 26.0 Å². The molecule has 3 aromatic carbocycles. The number of hydrogen-bond donors (Lipinski definition) is 3. The van der Waals surface area contributed by atoms with Crippen LogP contribution in [-0.4, -0.2) is 23.7 Å². The van der Waals surface area contributed by atoms with Crippen molar-refractivity contribution in [2.24, 2.45) is 0 Å². The number of hydrogen-bond acceptors (Lipinski definition) is 6. The van der Waals surface area contributed by atoms with Gasteiger partial charge in [-0.2, -0.15) is 0 Å². The van der Waals surface area contributed by atoms with Crippen molar-refractivity contribution in [3.8, 4) is 11.5 Å². The van der Waals surface area contributed by atoms with Crippen LogP contribution in [0, 0.1) is 0 Å². The maximum Gasteiger partial charge on any atom is 0.336 e. The number of aromatic carboxylic acids is 1. The Kier molecular flexibility index (Phi) is 10.8. The van der Waals surface area contributed by atoms with Crippen molar-refractivity contribution in [1.82, 2.24) is 0 Å². The monoisotopic (exact) mass is 516 g/mol. The van der Waals surface area contributed by atoms with Crippen molar-refractivity contribution in [3.63, 3.8) is 0 Å². The fourth-order valence-electron chi connectivity index (χ4n) is 4.05. The molecule has 0 aromatic heterocycles. The van der Waals surface area contributed by atoms with E-state index in [2.05, 4.69) is 6.92 Å². The molecule has 0 aliphatic heterocycles. The Morgan fingerprint density at radius 2 is 1.58 bits per heavy atom. The van der Waals surface area contributed by atoms with E-state index in [4.69, 9.17) is 20.9 Å². The molecule has 0 unspecified atom stereocenters. The lowest BCUT2D eigenvalue weighted by atomic mass is 9.98. The Balaban J connectivity index is 1.37. The van der Waals surface area contributed by atoms with Crippen LogP contribution in [0.25, 0.3) is 6.08 Å². The van der Waals surface area contributed by atoms with Gasteiger partial charge in [0.15, 0.2) is 0 Å². The number of carboxylic acid groups (broad SMARTS) is 1. The summed E-state index contributed by atoms with van der Waals surface area (Å²) in [5.41, 5.74) is 15.3. The van der Waals surface area contributed by atoms with Gasteiger partial charge in [-0.1, -0.05) is 37.6 Å². The molecule has 0 atom stereocenters. The van der Waals surface area contributed by atoms with Crippen LogP contribution in [-0.2, 0) is 17.6 Å². The van der Waals surface area contributed by atoms with E-state index in [0.29, 0.717) is 35.7 Å². The van der Waals surface area contributed by atoms with Crippen LogP contribution in [0.2, 0.25) is 0 Å². The maximum absolute atomic E-state index is 12.1. The molecule has 0 radical (unpaired) electrons. The number of carbonyl (C=O) groups is 2. The molecule has 3 rings (SSSR count). The minimum atomic E-state index is -1.02. The van der Waals surface area contributed by atoms with Gasteiger partial charge in [0.05, 0.1) is 12.2 Å². The first-order valence-electron chi connectivity index (χ1n) is 13.0. The molecule has 0 amide bonds. The standard InChI is InChI=1S/C31H36N2O5/c1-2-3-7-22-11-16-26(17-12-22)38-30(34)18-13-23-9-14-25(15-10-23)37-19-6-4-5-8-27-28(31(35)36)20-24(32)21-29(27)33/h9-18,20-21H,2-8,19,32-33H2,1H3,(H,35,36)/b18-13+. The minimum absolute atomic E-state index is 0.164. The van der Waals surface area contributed by atoms with E-state index in [1.54, 1.807) is 12.1 Å². The predicted molar refractivity (Wildman–Crippen MR) is 151 cm³/mol. The van der Waals surface area contributed by atoms with Crippen LogP contribution in [0.15, 0.2) is 66.7 Å². The summed E-state index contributed by atoms with van der Waals surface area (Å²) >= 11 is 0. The number of carboxylic acids is 1. The molecule has 0 fully saturated rings. The maximum atomic E-state index is 12.1. The van der Waals surface area contributed by atoms with E-state index in [1.807, 2.05) is 48.5 Å². The Bertz CT molecular complexity index is 1230. The molecule has 38 heavy (non-hydrogen) atoms. The fourth-order valence-corrected chi connectivity index (χ4v) is 4.05. The highest BCUT2D eigenvalue weighted by Crippen LogP contribution is 2.24. The van der Waals surface area contributed by atoms with Gasteiger partial charge in [0.25, 0.3) is 0 Å². The number of rotatable bonds is 14. The summed E-state index contributed by atoms with van der Waals surface area (Å²) in [6.07, 6.45) is 9.49. The lowest BCUT2D eigenvalue weighted by Gasteiger charge is -2.11. The van der Waals surface area contributed by atoms with Crippen molar-refractivity contribution in [1.29, 1.82) is 0 Å². The number of nitrogen functional groups attached to an aromatic ring is 2. The molecule has 0 aliphatic carbocycles. The number of benzene rings is 3. The average molecular weight is 517 g/mol. The van der Waals surface area contributed by atoms with Crippen molar-refractivity contribution in [3.05, 3.63) is 89.0 Å². The average Bonchev–Trinajstić information content (AvgIpc) is 2.90. The van der Waals surface area contributed by atoms with E-state index in [9.17, 15) is 14.7 Å². The smallest absolute Gasteiger partial charge is 0.336 e. The van der Waals surface area contributed by atoms with E-state index < -0.39 is 11.9 Å². The number of nitrogens with two attached hydrogens (primary N) is 2. The highest BCUT2D eigenvalue weighted by molar-refractivity contribution is 5.92. The number of anilines is 2. The van der Waals surface area contributed by atoms with Gasteiger partial charge in [0, 0.05) is 17.5 Å². The van der Waals surface area contributed by atoms with Gasteiger partial charge in [-0.25, -0.2) is 9.59 Å². The van der Waals surface area contributed by atoms with E-state index in [-0.39, 0.29) is 5.56 Å². The van der Waals surface area contributed by atoms with Crippen LogP contribution in [0.5, 0.6) is 11.5 Å². The molecule has 0 saturated carbocycles. The first-order chi connectivity index (χ1) is 18.4. The third-order valence-electron chi connectivity index (χ3n) is 6.13. The van der Waals surface area contributed by atoms with Crippen LogP contribution >= 0.6 is 0 Å². The number of esters is 1. The molecule has 7 heteroatoms. The molecule has 5 N–H and O–H groups in total. The molecular weight excluding hydrogens is 480 g/mol. The van der Waals surface area contributed by atoms with Crippen LogP contribution in [0.1, 0.15) is 66.1 Å². The lowest BCUT2D eigenvalue weighted by molar-refractivity contribution is -0.128. The van der Waals surface area contributed by atoms with E-state index in [1.165, 1.54) is 17.7 Å². The van der Waals surface area contributed by atoms with Crippen LogP contribution in [0.3, 0.4) is 0 Å². The zero-order valence-electron chi connectivity index (χ0n) is 21.8.